The van der Waals surface area contributed by atoms with Gasteiger partial charge in [0.05, 0.1) is 6.61 Å². The summed E-state index contributed by atoms with van der Waals surface area (Å²) in [6.07, 6.45) is 2.27. The SMILES string of the molecule is COCCNCCN(C)c1cc(=O)[nH]c(C2CC2)n1. The smallest absolute Gasteiger partial charge is 0.252 e. The first-order valence-corrected chi connectivity index (χ1v) is 6.72. The van der Waals surface area contributed by atoms with Crippen LogP contribution in [0.2, 0.25) is 0 Å². The number of anilines is 1. The molecule has 0 aromatic carbocycles. The van der Waals surface area contributed by atoms with Crippen molar-refractivity contribution >= 4 is 5.82 Å². The maximum atomic E-state index is 11.6. The fourth-order valence-corrected chi connectivity index (χ4v) is 1.87. The molecule has 1 aromatic rings. The second-order valence-corrected chi connectivity index (χ2v) is 4.93. The predicted molar refractivity (Wildman–Crippen MR) is 74.8 cm³/mol. The Hall–Kier alpha value is -1.40. The highest BCUT2D eigenvalue weighted by atomic mass is 16.5. The summed E-state index contributed by atoms with van der Waals surface area (Å²) < 4.78 is 4.96. The van der Waals surface area contributed by atoms with E-state index in [-0.39, 0.29) is 5.56 Å². The fourth-order valence-electron chi connectivity index (χ4n) is 1.87. The molecule has 0 spiro atoms. The Kier molecular flexibility index (Phi) is 4.93. The van der Waals surface area contributed by atoms with Gasteiger partial charge in [0.15, 0.2) is 0 Å². The normalized spacial score (nSPS) is 14.6. The second kappa shape index (κ2) is 6.68. The summed E-state index contributed by atoms with van der Waals surface area (Å²) in [4.78, 5) is 21.0. The molecule has 0 amide bonds. The van der Waals surface area contributed by atoms with E-state index in [0.29, 0.717) is 12.5 Å². The van der Waals surface area contributed by atoms with Crippen LogP contribution in [-0.4, -0.2) is 50.4 Å². The van der Waals surface area contributed by atoms with Gasteiger partial charge in [-0.2, -0.15) is 0 Å². The van der Waals surface area contributed by atoms with E-state index < -0.39 is 0 Å². The Morgan fingerprint density at radius 2 is 2.32 bits per heavy atom. The van der Waals surface area contributed by atoms with Crippen LogP contribution in [0.15, 0.2) is 10.9 Å². The van der Waals surface area contributed by atoms with Crippen LogP contribution in [0.4, 0.5) is 5.82 Å². The van der Waals surface area contributed by atoms with Gasteiger partial charge in [0.2, 0.25) is 0 Å². The predicted octanol–water partition coefficient (Wildman–Crippen LogP) is 0.320. The maximum absolute atomic E-state index is 11.6. The lowest BCUT2D eigenvalue weighted by molar-refractivity contribution is 0.200. The largest absolute Gasteiger partial charge is 0.383 e. The molecule has 0 unspecified atom stereocenters. The van der Waals surface area contributed by atoms with Crippen molar-refractivity contribution in [2.45, 2.75) is 18.8 Å². The van der Waals surface area contributed by atoms with Crippen LogP contribution in [-0.2, 0) is 4.74 Å². The number of nitrogens with zero attached hydrogens (tertiary/aromatic N) is 2. The minimum Gasteiger partial charge on any atom is -0.383 e. The molecule has 106 valence electrons. The minimum absolute atomic E-state index is 0.0638. The van der Waals surface area contributed by atoms with E-state index in [4.69, 9.17) is 4.74 Å². The van der Waals surface area contributed by atoms with E-state index in [2.05, 4.69) is 15.3 Å². The van der Waals surface area contributed by atoms with E-state index >= 15 is 0 Å². The highest BCUT2D eigenvalue weighted by Crippen LogP contribution is 2.37. The van der Waals surface area contributed by atoms with Crippen molar-refractivity contribution in [3.63, 3.8) is 0 Å². The third-order valence-corrected chi connectivity index (χ3v) is 3.21. The van der Waals surface area contributed by atoms with Gasteiger partial charge in [-0.3, -0.25) is 4.79 Å². The van der Waals surface area contributed by atoms with Crippen LogP contribution in [0.3, 0.4) is 0 Å². The summed E-state index contributed by atoms with van der Waals surface area (Å²) >= 11 is 0. The molecule has 0 atom stereocenters. The van der Waals surface area contributed by atoms with Gasteiger partial charge < -0.3 is 19.9 Å². The lowest BCUT2D eigenvalue weighted by Crippen LogP contribution is -2.32. The van der Waals surface area contributed by atoms with Crippen LogP contribution < -0.4 is 15.8 Å². The zero-order chi connectivity index (χ0) is 13.7. The number of aromatic nitrogens is 2. The number of methoxy groups -OCH3 is 1. The molecule has 0 aliphatic heterocycles. The highest BCUT2D eigenvalue weighted by molar-refractivity contribution is 5.37. The first kappa shape index (κ1) is 14.0. The Morgan fingerprint density at radius 1 is 1.53 bits per heavy atom. The van der Waals surface area contributed by atoms with Crippen molar-refractivity contribution in [1.82, 2.24) is 15.3 Å². The van der Waals surface area contributed by atoms with Crippen molar-refractivity contribution in [3.8, 4) is 0 Å². The average molecular weight is 266 g/mol. The molecule has 1 aromatic heterocycles. The molecule has 2 rings (SSSR count). The van der Waals surface area contributed by atoms with Crippen molar-refractivity contribution in [3.05, 3.63) is 22.2 Å². The molecular weight excluding hydrogens is 244 g/mol. The summed E-state index contributed by atoms with van der Waals surface area (Å²) in [6.45, 7) is 3.19. The zero-order valence-corrected chi connectivity index (χ0v) is 11.6. The van der Waals surface area contributed by atoms with Crippen LogP contribution >= 0.6 is 0 Å². The molecule has 1 fully saturated rings. The lowest BCUT2D eigenvalue weighted by Gasteiger charge is -2.18. The first-order chi connectivity index (χ1) is 9.20. The lowest BCUT2D eigenvalue weighted by atomic mass is 10.4. The van der Waals surface area contributed by atoms with Gasteiger partial charge in [0.1, 0.15) is 11.6 Å². The average Bonchev–Trinajstić information content (AvgIpc) is 3.22. The monoisotopic (exact) mass is 266 g/mol. The number of ether oxygens (including phenoxy) is 1. The van der Waals surface area contributed by atoms with Crippen LogP contribution in [0.5, 0.6) is 0 Å². The molecular formula is C13H22N4O2. The van der Waals surface area contributed by atoms with Crippen LogP contribution in [0, 0.1) is 0 Å². The molecule has 1 saturated carbocycles. The standard InChI is InChI=1S/C13H22N4O2/c1-17(7-5-14-6-8-19-2)11-9-12(18)16-13(15-11)10-3-4-10/h9-10,14H,3-8H2,1-2H3,(H,15,16,18). The van der Waals surface area contributed by atoms with Crippen LogP contribution in [0.25, 0.3) is 0 Å². The van der Waals surface area contributed by atoms with Crippen molar-refractivity contribution in [1.29, 1.82) is 0 Å². The molecule has 19 heavy (non-hydrogen) atoms. The molecule has 0 radical (unpaired) electrons. The van der Waals surface area contributed by atoms with Gasteiger partial charge in [-0.25, -0.2) is 4.98 Å². The quantitative estimate of drug-likeness (QED) is 0.663. The van der Waals surface area contributed by atoms with E-state index in [9.17, 15) is 4.79 Å². The second-order valence-electron chi connectivity index (χ2n) is 4.93. The zero-order valence-electron chi connectivity index (χ0n) is 11.6. The number of hydrogen-bond acceptors (Lipinski definition) is 5. The van der Waals surface area contributed by atoms with Crippen molar-refractivity contribution in [2.24, 2.45) is 0 Å². The molecule has 2 N–H and O–H groups in total. The van der Waals surface area contributed by atoms with Gasteiger partial charge in [-0.05, 0) is 12.8 Å². The highest BCUT2D eigenvalue weighted by Gasteiger charge is 2.26. The Morgan fingerprint density at radius 3 is 3.00 bits per heavy atom. The Labute approximate surface area is 113 Å². The van der Waals surface area contributed by atoms with E-state index in [0.717, 1.165) is 44.1 Å². The number of aromatic amines is 1. The Bertz CT molecular complexity index is 456. The van der Waals surface area contributed by atoms with E-state index in [1.807, 2.05) is 11.9 Å². The topological polar surface area (TPSA) is 70.2 Å². The molecule has 6 heteroatoms. The third kappa shape index (κ3) is 4.33. The molecule has 6 nitrogen and oxygen atoms in total. The number of rotatable bonds is 8. The minimum atomic E-state index is -0.0638. The van der Waals surface area contributed by atoms with E-state index in [1.54, 1.807) is 13.2 Å². The van der Waals surface area contributed by atoms with Gasteiger partial charge >= 0.3 is 0 Å². The fraction of sp³-hybridized carbons (Fsp3) is 0.692. The third-order valence-electron chi connectivity index (χ3n) is 3.21. The summed E-state index contributed by atoms with van der Waals surface area (Å²) in [5.74, 6) is 2.04. The number of likely N-dealkylation sites (N-methyl/N-ethyl adjacent to an activating group) is 1. The molecule has 0 bridgehead atoms. The summed E-state index contributed by atoms with van der Waals surface area (Å²) in [6, 6.07) is 1.56. The van der Waals surface area contributed by atoms with Crippen molar-refractivity contribution < 1.29 is 4.74 Å². The summed E-state index contributed by atoms with van der Waals surface area (Å²) in [7, 11) is 3.64. The van der Waals surface area contributed by atoms with Gasteiger partial charge in [0.25, 0.3) is 5.56 Å². The molecule has 1 aliphatic rings. The maximum Gasteiger partial charge on any atom is 0.252 e. The van der Waals surface area contributed by atoms with Gasteiger partial charge in [0, 0.05) is 45.8 Å². The van der Waals surface area contributed by atoms with Crippen LogP contribution in [0.1, 0.15) is 24.6 Å². The number of nitrogens with one attached hydrogen (secondary N) is 2. The molecule has 1 aliphatic carbocycles. The van der Waals surface area contributed by atoms with Gasteiger partial charge in [-0.15, -0.1) is 0 Å². The summed E-state index contributed by atoms with van der Waals surface area (Å²) in [5.41, 5.74) is -0.0638. The van der Waals surface area contributed by atoms with Gasteiger partial charge in [-0.1, -0.05) is 0 Å². The number of hydrogen-bond donors (Lipinski definition) is 2. The molecule has 0 saturated heterocycles. The Balaban J connectivity index is 1.87. The van der Waals surface area contributed by atoms with E-state index in [1.165, 1.54) is 0 Å². The first-order valence-electron chi connectivity index (χ1n) is 6.72. The van der Waals surface area contributed by atoms with Crippen molar-refractivity contribution in [2.75, 3.05) is 45.3 Å². The molecule has 1 heterocycles. The number of H-pyrrole nitrogens is 1. The summed E-state index contributed by atoms with van der Waals surface area (Å²) in [5, 5.41) is 3.27.